The van der Waals surface area contributed by atoms with Gasteiger partial charge in [-0.25, -0.2) is 0 Å². The Kier molecular flexibility index (Phi) is 10.5. The van der Waals surface area contributed by atoms with Crippen molar-refractivity contribution in [1.29, 1.82) is 0 Å². The molecule has 0 spiro atoms. The lowest BCUT2D eigenvalue weighted by Crippen LogP contribution is -2.11. The van der Waals surface area contributed by atoms with Crippen LogP contribution in [0.15, 0.2) is 53.5 Å². The van der Waals surface area contributed by atoms with E-state index in [4.69, 9.17) is 4.99 Å². The summed E-state index contributed by atoms with van der Waals surface area (Å²) in [6, 6.07) is 17.5. The second-order valence-electron chi connectivity index (χ2n) is 8.59. The summed E-state index contributed by atoms with van der Waals surface area (Å²) in [7, 11) is 8.30. The van der Waals surface area contributed by atoms with Crippen molar-refractivity contribution >= 4 is 17.1 Å². The molecule has 2 aromatic rings. The highest BCUT2D eigenvalue weighted by Gasteiger charge is 2.08. The zero-order valence-electron chi connectivity index (χ0n) is 19.8. The lowest BCUT2D eigenvalue weighted by Gasteiger charge is -2.15. The van der Waals surface area contributed by atoms with Crippen LogP contribution in [0.25, 0.3) is 0 Å². The third-order valence-electron chi connectivity index (χ3n) is 5.60. The van der Waals surface area contributed by atoms with Gasteiger partial charge in [-0.15, -0.1) is 0 Å². The zero-order chi connectivity index (χ0) is 21.8. The van der Waals surface area contributed by atoms with Crippen molar-refractivity contribution < 1.29 is 0 Å². The van der Waals surface area contributed by atoms with E-state index in [1.807, 2.05) is 0 Å². The van der Waals surface area contributed by atoms with Crippen molar-refractivity contribution in [2.45, 2.75) is 58.3 Å². The lowest BCUT2D eigenvalue weighted by molar-refractivity contribution is 0.578. The maximum Gasteiger partial charge on any atom is 0.0718 e. The molecule has 0 aliphatic carbocycles. The molecule has 0 aromatic heterocycles. The van der Waals surface area contributed by atoms with Crippen molar-refractivity contribution in [2.75, 3.05) is 44.5 Å². The van der Waals surface area contributed by atoms with Crippen LogP contribution in [-0.2, 0) is 0 Å². The summed E-state index contributed by atoms with van der Waals surface area (Å²) in [6.45, 7) is 3.17. The summed E-state index contributed by atoms with van der Waals surface area (Å²) >= 11 is 0. The molecule has 0 bridgehead atoms. The summed E-state index contributed by atoms with van der Waals surface area (Å²) in [5.74, 6) is 0. The van der Waals surface area contributed by atoms with Crippen LogP contribution in [0.4, 0.5) is 11.4 Å². The highest BCUT2D eigenvalue weighted by Crippen LogP contribution is 2.19. The fraction of sp³-hybridized carbons (Fsp3) is 0.519. The molecule has 2 aromatic carbocycles. The van der Waals surface area contributed by atoms with E-state index in [0.29, 0.717) is 0 Å². The highest BCUT2D eigenvalue weighted by atomic mass is 15.1. The van der Waals surface area contributed by atoms with Gasteiger partial charge in [0.05, 0.1) is 5.71 Å². The maximum absolute atomic E-state index is 5.05. The number of unbranched alkanes of at least 4 members (excludes halogenated alkanes) is 7. The molecule has 3 nitrogen and oxygen atoms in total. The molecule has 0 fully saturated rings. The van der Waals surface area contributed by atoms with E-state index < -0.39 is 0 Å². The molecule has 3 heteroatoms. The normalized spacial score (nSPS) is 10.7. The Bertz CT molecular complexity index is 689. The van der Waals surface area contributed by atoms with E-state index in [9.17, 15) is 0 Å². The van der Waals surface area contributed by atoms with Gasteiger partial charge in [0.15, 0.2) is 0 Å². The Labute approximate surface area is 184 Å². The van der Waals surface area contributed by atoms with Gasteiger partial charge in [0.2, 0.25) is 0 Å². The predicted molar refractivity (Wildman–Crippen MR) is 135 cm³/mol. The predicted octanol–water partition coefficient (Wildman–Crippen LogP) is 6.80. The first-order valence-corrected chi connectivity index (χ1v) is 11.6. The number of hydrogen-bond donors (Lipinski definition) is 0. The molecule has 0 aliphatic rings. The molecule has 2 rings (SSSR count). The van der Waals surface area contributed by atoms with Crippen LogP contribution < -0.4 is 9.80 Å². The lowest BCUT2D eigenvalue weighted by atomic mass is 10.0. The Balaban J connectivity index is 2.04. The quantitative estimate of drug-likeness (QED) is 0.269. The van der Waals surface area contributed by atoms with E-state index >= 15 is 0 Å². The molecule has 0 N–H and O–H groups in total. The van der Waals surface area contributed by atoms with Crippen LogP contribution in [0, 0.1) is 0 Å². The molecule has 0 atom stereocenters. The second-order valence-corrected chi connectivity index (χ2v) is 8.59. The van der Waals surface area contributed by atoms with Gasteiger partial charge in [0.25, 0.3) is 0 Å². The number of nitrogens with zero attached hydrogens (tertiary/aromatic N) is 3. The number of aliphatic imine (C=N–C) groups is 1. The summed E-state index contributed by atoms with van der Waals surface area (Å²) in [5.41, 5.74) is 5.91. The van der Waals surface area contributed by atoms with Crippen LogP contribution in [0.1, 0.15) is 69.4 Å². The minimum absolute atomic E-state index is 0.898. The number of hydrogen-bond acceptors (Lipinski definition) is 3. The summed E-state index contributed by atoms with van der Waals surface area (Å²) in [4.78, 5) is 9.31. The van der Waals surface area contributed by atoms with Gasteiger partial charge in [0, 0.05) is 57.2 Å². The van der Waals surface area contributed by atoms with Crippen molar-refractivity contribution in [3.05, 3.63) is 59.7 Å². The van der Waals surface area contributed by atoms with Crippen LogP contribution in [-0.4, -0.2) is 40.4 Å². The standard InChI is InChI=1S/C27H41N3/c1-6-7-8-9-10-11-12-13-22-28-27(23-14-18-25(19-15-23)29(2)3)24-16-20-26(21-17-24)30(4)5/h14-21H,6-13,22H2,1-5H3. The second kappa shape index (κ2) is 13.1. The van der Waals surface area contributed by atoms with Crippen molar-refractivity contribution in [1.82, 2.24) is 0 Å². The summed E-state index contributed by atoms with van der Waals surface area (Å²) in [5, 5.41) is 0. The molecule has 30 heavy (non-hydrogen) atoms. The van der Waals surface area contributed by atoms with Crippen molar-refractivity contribution in [2.24, 2.45) is 4.99 Å². The van der Waals surface area contributed by atoms with Crippen LogP contribution in [0.5, 0.6) is 0 Å². The van der Waals surface area contributed by atoms with E-state index in [-0.39, 0.29) is 0 Å². The molecule has 0 heterocycles. The molecule has 0 amide bonds. The number of anilines is 2. The molecule has 0 saturated carbocycles. The van der Waals surface area contributed by atoms with E-state index in [1.165, 1.54) is 73.9 Å². The molecule has 0 unspecified atom stereocenters. The smallest absolute Gasteiger partial charge is 0.0718 e. The largest absolute Gasteiger partial charge is 0.378 e. The molecule has 164 valence electrons. The third-order valence-corrected chi connectivity index (χ3v) is 5.60. The average molecular weight is 408 g/mol. The molecular formula is C27H41N3. The summed E-state index contributed by atoms with van der Waals surface area (Å²) < 4.78 is 0. The molecule has 0 radical (unpaired) electrons. The van der Waals surface area contributed by atoms with Gasteiger partial charge < -0.3 is 9.80 Å². The van der Waals surface area contributed by atoms with Gasteiger partial charge in [-0.2, -0.15) is 0 Å². The minimum Gasteiger partial charge on any atom is -0.378 e. The Morgan fingerprint density at radius 3 is 1.40 bits per heavy atom. The van der Waals surface area contributed by atoms with Crippen molar-refractivity contribution in [3.8, 4) is 0 Å². The first-order valence-electron chi connectivity index (χ1n) is 11.6. The Morgan fingerprint density at radius 1 is 0.600 bits per heavy atom. The highest BCUT2D eigenvalue weighted by molar-refractivity contribution is 6.13. The number of benzene rings is 2. The van der Waals surface area contributed by atoms with Gasteiger partial charge in [-0.3, -0.25) is 4.99 Å². The van der Waals surface area contributed by atoms with E-state index in [0.717, 1.165) is 12.3 Å². The van der Waals surface area contributed by atoms with Gasteiger partial charge in [0.1, 0.15) is 0 Å². The third kappa shape index (κ3) is 7.85. The maximum atomic E-state index is 5.05. The fourth-order valence-electron chi connectivity index (χ4n) is 3.62. The van der Waals surface area contributed by atoms with Gasteiger partial charge in [-0.05, 0) is 30.7 Å². The Morgan fingerprint density at radius 2 is 1.00 bits per heavy atom. The zero-order valence-corrected chi connectivity index (χ0v) is 19.8. The molecule has 0 saturated heterocycles. The van der Waals surface area contributed by atoms with E-state index in [2.05, 4.69) is 93.4 Å². The van der Waals surface area contributed by atoms with Gasteiger partial charge in [-0.1, -0.05) is 76.1 Å². The first kappa shape index (κ1) is 24.0. The fourth-order valence-corrected chi connectivity index (χ4v) is 3.62. The van der Waals surface area contributed by atoms with Gasteiger partial charge >= 0.3 is 0 Å². The summed E-state index contributed by atoms with van der Waals surface area (Å²) in [6.07, 6.45) is 10.6. The van der Waals surface area contributed by atoms with Crippen LogP contribution in [0.2, 0.25) is 0 Å². The average Bonchev–Trinajstić information content (AvgIpc) is 2.75. The van der Waals surface area contributed by atoms with Crippen LogP contribution in [0.3, 0.4) is 0 Å². The Hall–Kier alpha value is -2.29. The molecule has 0 aliphatic heterocycles. The van der Waals surface area contributed by atoms with E-state index in [1.54, 1.807) is 0 Å². The minimum atomic E-state index is 0.898. The number of rotatable bonds is 13. The monoisotopic (exact) mass is 407 g/mol. The first-order chi connectivity index (χ1) is 14.5. The van der Waals surface area contributed by atoms with Crippen LogP contribution >= 0.6 is 0 Å². The SMILES string of the molecule is CCCCCCCCCCN=C(c1ccc(N(C)C)cc1)c1ccc(N(C)C)cc1. The van der Waals surface area contributed by atoms with Crippen molar-refractivity contribution in [3.63, 3.8) is 0 Å². The molecular weight excluding hydrogens is 366 g/mol. The topological polar surface area (TPSA) is 18.8 Å².